The lowest BCUT2D eigenvalue weighted by Gasteiger charge is -2.09. The van der Waals surface area contributed by atoms with Gasteiger partial charge in [-0.05, 0) is 30.3 Å². The van der Waals surface area contributed by atoms with Gasteiger partial charge in [0, 0.05) is 11.3 Å². The van der Waals surface area contributed by atoms with Crippen LogP contribution in [0.5, 0.6) is 0 Å². The molecule has 1 aromatic carbocycles. The lowest BCUT2D eigenvalue weighted by atomic mass is 10.2. The summed E-state index contributed by atoms with van der Waals surface area (Å²) in [7, 11) is 0. The van der Waals surface area contributed by atoms with E-state index in [9.17, 15) is 4.79 Å². The number of nitrogens with two attached hydrogens (primary N) is 1. The lowest BCUT2D eigenvalue weighted by Crippen LogP contribution is -2.35. The molecule has 2 rings (SSSR count). The van der Waals surface area contributed by atoms with Gasteiger partial charge < -0.3 is 5.73 Å². The van der Waals surface area contributed by atoms with Gasteiger partial charge in [-0.1, -0.05) is 29.3 Å². The summed E-state index contributed by atoms with van der Waals surface area (Å²) >= 11 is 12.0. The first kappa shape index (κ1) is 16.4. The molecule has 20 heavy (non-hydrogen) atoms. The molecule has 8 heteroatoms. The van der Waals surface area contributed by atoms with Crippen LogP contribution in [0.3, 0.4) is 0 Å². The molecule has 1 amide bonds. The number of aromatic nitrogens is 1. The van der Waals surface area contributed by atoms with Gasteiger partial charge in [0.15, 0.2) is 5.96 Å². The van der Waals surface area contributed by atoms with Gasteiger partial charge in [-0.15, -0.1) is 12.4 Å². The number of amides is 1. The average molecular weight is 334 g/mol. The molecule has 0 fully saturated rings. The summed E-state index contributed by atoms with van der Waals surface area (Å²) in [6.07, 6.45) is 0. The van der Waals surface area contributed by atoms with Crippen molar-refractivity contribution < 1.29 is 4.79 Å². The smallest absolute Gasteiger partial charge is 0.258 e. The van der Waals surface area contributed by atoms with Gasteiger partial charge in [0.25, 0.3) is 5.91 Å². The van der Waals surface area contributed by atoms with Crippen LogP contribution in [0.1, 0.15) is 10.4 Å². The molecule has 5 nitrogen and oxygen atoms in total. The Morgan fingerprint density at radius 2 is 1.80 bits per heavy atom. The Morgan fingerprint density at radius 3 is 2.35 bits per heavy atom. The molecule has 0 aliphatic carbocycles. The van der Waals surface area contributed by atoms with Crippen molar-refractivity contribution >= 4 is 47.5 Å². The summed E-state index contributed by atoms with van der Waals surface area (Å²) in [5.74, 6) is -0.874. The highest BCUT2D eigenvalue weighted by molar-refractivity contribution is 6.34. The third-order valence-electron chi connectivity index (χ3n) is 2.40. The molecule has 0 saturated carbocycles. The SMILES string of the molecule is Cl.N=C(N)NC(=O)c1cccc(-n2c(Cl)ccc2Cl)c1. The van der Waals surface area contributed by atoms with Crippen LogP contribution in [-0.2, 0) is 0 Å². The molecule has 106 valence electrons. The summed E-state index contributed by atoms with van der Waals surface area (Å²) in [6, 6.07) is 9.99. The third-order valence-corrected chi connectivity index (χ3v) is 2.99. The van der Waals surface area contributed by atoms with E-state index in [0.717, 1.165) is 0 Å². The van der Waals surface area contributed by atoms with Crippen LogP contribution in [-0.4, -0.2) is 16.4 Å². The zero-order chi connectivity index (χ0) is 14.0. The van der Waals surface area contributed by atoms with E-state index in [1.165, 1.54) is 0 Å². The summed E-state index contributed by atoms with van der Waals surface area (Å²) in [5.41, 5.74) is 6.12. The number of guanidine groups is 1. The fourth-order valence-corrected chi connectivity index (χ4v) is 2.16. The standard InChI is InChI=1S/C12H10Cl2N4O.ClH/c13-9-4-5-10(14)18(9)8-3-1-2-7(6-8)11(19)17-12(15)16;/h1-6H,(H4,15,16,17,19);1H. The fourth-order valence-electron chi connectivity index (χ4n) is 1.62. The molecule has 0 radical (unpaired) electrons. The summed E-state index contributed by atoms with van der Waals surface area (Å²) < 4.78 is 1.59. The Kier molecular flexibility index (Phi) is 5.44. The first-order valence-corrected chi connectivity index (χ1v) is 6.03. The molecular weight excluding hydrogens is 323 g/mol. The van der Waals surface area contributed by atoms with Crippen LogP contribution in [0.4, 0.5) is 0 Å². The van der Waals surface area contributed by atoms with Crippen LogP contribution in [0.2, 0.25) is 10.3 Å². The molecule has 0 unspecified atom stereocenters. The van der Waals surface area contributed by atoms with Crippen LogP contribution in [0, 0.1) is 5.41 Å². The van der Waals surface area contributed by atoms with Crippen molar-refractivity contribution in [1.29, 1.82) is 5.41 Å². The molecule has 2 aromatic rings. The van der Waals surface area contributed by atoms with E-state index >= 15 is 0 Å². The van der Waals surface area contributed by atoms with Crippen LogP contribution < -0.4 is 11.1 Å². The molecule has 4 N–H and O–H groups in total. The van der Waals surface area contributed by atoms with Crippen molar-refractivity contribution in [2.24, 2.45) is 5.73 Å². The highest BCUT2D eigenvalue weighted by atomic mass is 35.5. The molecule has 0 bridgehead atoms. The highest BCUT2D eigenvalue weighted by Gasteiger charge is 2.10. The van der Waals surface area contributed by atoms with E-state index in [0.29, 0.717) is 21.6 Å². The van der Waals surface area contributed by atoms with Gasteiger partial charge in [-0.2, -0.15) is 0 Å². The van der Waals surface area contributed by atoms with Gasteiger partial charge in [-0.25, -0.2) is 0 Å². The largest absolute Gasteiger partial charge is 0.370 e. The molecule has 0 spiro atoms. The van der Waals surface area contributed by atoms with Gasteiger partial charge in [0.05, 0.1) is 0 Å². The second-order valence-corrected chi connectivity index (χ2v) is 4.51. The van der Waals surface area contributed by atoms with Crippen molar-refractivity contribution in [3.8, 4) is 5.69 Å². The van der Waals surface area contributed by atoms with E-state index in [1.807, 2.05) is 0 Å². The van der Waals surface area contributed by atoms with Crippen molar-refractivity contribution in [3.05, 3.63) is 52.3 Å². The molecule has 0 aliphatic rings. The Hall–Kier alpha value is -1.69. The number of carbonyl (C=O) groups is 1. The summed E-state index contributed by atoms with van der Waals surface area (Å²) in [6.45, 7) is 0. The second-order valence-electron chi connectivity index (χ2n) is 3.73. The number of rotatable bonds is 2. The quantitative estimate of drug-likeness (QED) is 0.583. The first-order valence-electron chi connectivity index (χ1n) is 5.27. The molecule has 1 heterocycles. The monoisotopic (exact) mass is 332 g/mol. The number of hydrogen-bond acceptors (Lipinski definition) is 2. The predicted octanol–water partition coefficient (Wildman–Crippen LogP) is 2.83. The van der Waals surface area contributed by atoms with Crippen LogP contribution >= 0.6 is 35.6 Å². The van der Waals surface area contributed by atoms with Crippen molar-refractivity contribution in [2.45, 2.75) is 0 Å². The van der Waals surface area contributed by atoms with Gasteiger partial charge in [0.2, 0.25) is 0 Å². The number of halogens is 3. The Morgan fingerprint density at radius 1 is 1.20 bits per heavy atom. The van der Waals surface area contributed by atoms with E-state index in [2.05, 4.69) is 5.32 Å². The maximum absolute atomic E-state index is 11.7. The molecule has 0 saturated heterocycles. The Balaban J connectivity index is 0.00000200. The number of carbonyl (C=O) groups excluding carboxylic acids is 1. The van der Waals surface area contributed by atoms with Crippen LogP contribution in [0.25, 0.3) is 5.69 Å². The number of hydrogen-bond donors (Lipinski definition) is 3. The maximum atomic E-state index is 11.7. The Labute approximate surface area is 131 Å². The van der Waals surface area contributed by atoms with Gasteiger partial charge >= 0.3 is 0 Å². The van der Waals surface area contributed by atoms with Gasteiger partial charge in [-0.3, -0.25) is 20.1 Å². The Bertz CT molecular complexity index is 634. The minimum Gasteiger partial charge on any atom is -0.370 e. The predicted molar refractivity (Wildman–Crippen MR) is 82.4 cm³/mol. The van der Waals surface area contributed by atoms with Gasteiger partial charge in [0.1, 0.15) is 10.3 Å². The van der Waals surface area contributed by atoms with E-state index in [-0.39, 0.29) is 12.4 Å². The molecular formula is C12H11Cl3N4O. The first-order chi connectivity index (χ1) is 8.99. The number of nitrogens with zero attached hydrogens (tertiary/aromatic N) is 1. The van der Waals surface area contributed by atoms with Crippen molar-refractivity contribution in [1.82, 2.24) is 9.88 Å². The topological polar surface area (TPSA) is 83.9 Å². The molecule has 0 atom stereocenters. The fraction of sp³-hybridized carbons (Fsp3) is 0. The summed E-state index contributed by atoms with van der Waals surface area (Å²) in [4.78, 5) is 11.7. The van der Waals surface area contributed by atoms with E-state index in [1.54, 1.807) is 41.0 Å². The number of benzene rings is 1. The van der Waals surface area contributed by atoms with E-state index in [4.69, 9.17) is 34.3 Å². The lowest BCUT2D eigenvalue weighted by molar-refractivity contribution is 0.0976. The zero-order valence-electron chi connectivity index (χ0n) is 10.1. The van der Waals surface area contributed by atoms with E-state index < -0.39 is 11.9 Å². The second kappa shape index (κ2) is 6.65. The third kappa shape index (κ3) is 3.45. The van der Waals surface area contributed by atoms with Crippen LogP contribution in [0.15, 0.2) is 36.4 Å². The minimum absolute atomic E-state index is 0. The average Bonchev–Trinajstić information content (AvgIpc) is 2.68. The minimum atomic E-state index is -0.464. The summed E-state index contributed by atoms with van der Waals surface area (Å²) in [5, 5.41) is 10.1. The highest BCUT2D eigenvalue weighted by Crippen LogP contribution is 2.25. The molecule has 1 aromatic heterocycles. The van der Waals surface area contributed by atoms with Crippen molar-refractivity contribution in [2.75, 3.05) is 0 Å². The zero-order valence-corrected chi connectivity index (χ0v) is 12.4. The number of nitrogens with one attached hydrogen (secondary N) is 2. The maximum Gasteiger partial charge on any atom is 0.258 e. The normalized spacial score (nSPS) is 9.70. The van der Waals surface area contributed by atoms with Crippen molar-refractivity contribution in [3.63, 3.8) is 0 Å². The molecule has 0 aliphatic heterocycles.